The Labute approximate surface area is 127 Å². The first-order chi connectivity index (χ1) is 9.94. The summed E-state index contributed by atoms with van der Waals surface area (Å²) in [6.45, 7) is 4.75. The van der Waals surface area contributed by atoms with Crippen molar-refractivity contribution in [2.24, 2.45) is 0 Å². The quantitative estimate of drug-likeness (QED) is 0.733. The van der Waals surface area contributed by atoms with E-state index < -0.39 is 10.0 Å². The van der Waals surface area contributed by atoms with E-state index in [4.69, 9.17) is 4.74 Å². The summed E-state index contributed by atoms with van der Waals surface area (Å²) in [7, 11) is -3.36. The van der Waals surface area contributed by atoms with Gasteiger partial charge in [-0.05, 0) is 44.4 Å². The van der Waals surface area contributed by atoms with Gasteiger partial charge in [0.1, 0.15) is 0 Å². The second kappa shape index (κ2) is 7.24. The number of hydrogen-bond acceptors (Lipinski definition) is 4. The minimum Gasteiger partial charge on any atom is -0.378 e. The highest BCUT2D eigenvalue weighted by Crippen LogP contribution is 2.20. The highest BCUT2D eigenvalue weighted by Gasteiger charge is 2.20. The maximum absolute atomic E-state index is 12.0. The molecule has 0 aliphatic heterocycles. The Bertz CT molecular complexity index is 554. The number of hydrogen-bond donors (Lipinski definition) is 2. The standard InChI is InChI=1S/C15H24N2O3S/c1-12(2)20-8-9-21(18,19)17-15-5-3-4-13(10-15)11-16-14-6-7-14/h3-5,10,12,14,16-17H,6-9,11H2,1-2H3. The van der Waals surface area contributed by atoms with E-state index in [0.29, 0.717) is 11.7 Å². The van der Waals surface area contributed by atoms with Gasteiger partial charge in [-0.15, -0.1) is 0 Å². The zero-order chi connectivity index (χ0) is 15.3. The fraction of sp³-hybridized carbons (Fsp3) is 0.600. The smallest absolute Gasteiger partial charge is 0.235 e. The molecule has 2 N–H and O–H groups in total. The van der Waals surface area contributed by atoms with E-state index in [1.165, 1.54) is 12.8 Å². The molecule has 1 fully saturated rings. The van der Waals surface area contributed by atoms with E-state index in [2.05, 4.69) is 10.0 Å². The number of ether oxygens (including phenoxy) is 1. The molecule has 0 amide bonds. The average molecular weight is 312 g/mol. The van der Waals surface area contributed by atoms with Gasteiger partial charge in [0.05, 0.1) is 18.5 Å². The van der Waals surface area contributed by atoms with Crippen LogP contribution in [0.4, 0.5) is 5.69 Å². The predicted octanol–water partition coefficient (Wildman–Crippen LogP) is 2.11. The van der Waals surface area contributed by atoms with Crippen LogP contribution in [0.15, 0.2) is 24.3 Å². The molecule has 1 aromatic carbocycles. The van der Waals surface area contributed by atoms with Crippen molar-refractivity contribution < 1.29 is 13.2 Å². The van der Waals surface area contributed by atoms with Gasteiger partial charge in [-0.1, -0.05) is 12.1 Å². The van der Waals surface area contributed by atoms with Gasteiger partial charge in [0, 0.05) is 18.3 Å². The van der Waals surface area contributed by atoms with Crippen LogP contribution in [0.3, 0.4) is 0 Å². The van der Waals surface area contributed by atoms with Crippen molar-refractivity contribution >= 4 is 15.7 Å². The molecular formula is C15H24N2O3S. The molecule has 0 bridgehead atoms. The van der Waals surface area contributed by atoms with E-state index in [-0.39, 0.29) is 18.5 Å². The third-order valence-electron chi connectivity index (χ3n) is 3.18. The van der Waals surface area contributed by atoms with Crippen LogP contribution in [-0.2, 0) is 21.3 Å². The topological polar surface area (TPSA) is 67.4 Å². The van der Waals surface area contributed by atoms with E-state index >= 15 is 0 Å². The Morgan fingerprint density at radius 2 is 2.10 bits per heavy atom. The number of sulfonamides is 1. The largest absolute Gasteiger partial charge is 0.378 e. The van der Waals surface area contributed by atoms with Gasteiger partial charge in [0.15, 0.2) is 0 Å². The SMILES string of the molecule is CC(C)OCCS(=O)(=O)Nc1cccc(CNC2CC2)c1. The molecule has 5 nitrogen and oxygen atoms in total. The molecule has 0 radical (unpaired) electrons. The molecular weight excluding hydrogens is 288 g/mol. The van der Waals surface area contributed by atoms with Crippen LogP contribution >= 0.6 is 0 Å². The minimum atomic E-state index is -3.36. The number of benzene rings is 1. The molecule has 2 rings (SSSR count). The first kappa shape index (κ1) is 16.3. The molecule has 0 unspecified atom stereocenters. The van der Waals surface area contributed by atoms with Crippen LogP contribution in [0.5, 0.6) is 0 Å². The predicted molar refractivity (Wildman–Crippen MR) is 84.8 cm³/mol. The third-order valence-corrected chi connectivity index (χ3v) is 4.43. The maximum Gasteiger partial charge on any atom is 0.235 e. The molecule has 1 saturated carbocycles. The van der Waals surface area contributed by atoms with Crippen LogP contribution in [0, 0.1) is 0 Å². The number of anilines is 1. The number of rotatable bonds is 9. The van der Waals surface area contributed by atoms with Crippen molar-refractivity contribution in [3.63, 3.8) is 0 Å². The molecule has 6 heteroatoms. The van der Waals surface area contributed by atoms with Gasteiger partial charge in [0.25, 0.3) is 0 Å². The van der Waals surface area contributed by atoms with E-state index in [9.17, 15) is 8.42 Å². The Balaban J connectivity index is 1.86. The van der Waals surface area contributed by atoms with Gasteiger partial charge in [-0.2, -0.15) is 0 Å². The van der Waals surface area contributed by atoms with Crippen molar-refractivity contribution in [3.8, 4) is 0 Å². The maximum atomic E-state index is 12.0. The molecule has 0 heterocycles. The Kier molecular flexibility index (Phi) is 5.61. The molecule has 1 aliphatic rings. The van der Waals surface area contributed by atoms with Crippen molar-refractivity contribution in [2.75, 3.05) is 17.1 Å². The first-order valence-corrected chi connectivity index (χ1v) is 9.04. The van der Waals surface area contributed by atoms with Gasteiger partial charge in [-0.3, -0.25) is 4.72 Å². The van der Waals surface area contributed by atoms with Crippen LogP contribution in [-0.4, -0.2) is 32.9 Å². The Morgan fingerprint density at radius 3 is 2.76 bits per heavy atom. The molecule has 21 heavy (non-hydrogen) atoms. The highest BCUT2D eigenvalue weighted by molar-refractivity contribution is 7.92. The Hall–Kier alpha value is -1.11. The Morgan fingerprint density at radius 1 is 1.33 bits per heavy atom. The summed E-state index contributed by atoms with van der Waals surface area (Å²) >= 11 is 0. The zero-order valence-corrected chi connectivity index (χ0v) is 13.4. The molecule has 1 aromatic rings. The minimum absolute atomic E-state index is 0.0320. The second-order valence-electron chi connectivity index (χ2n) is 5.70. The summed E-state index contributed by atoms with van der Waals surface area (Å²) in [6, 6.07) is 8.14. The lowest BCUT2D eigenvalue weighted by atomic mass is 10.2. The van der Waals surface area contributed by atoms with Crippen LogP contribution in [0.25, 0.3) is 0 Å². The van der Waals surface area contributed by atoms with Crippen LogP contribution < -0.4 is 10.0 Å². The molecule has 118 valence electrons. The average Bonchev–Trinajstić information content (AvgIpc) is 3.19. The van der Waals surface area contributed by atoms with Crippen molar-refractivity contribution in [2.45, 2.75) is 45.4 Å². The lowest BCUT2D eigenvalue weighted by molar-refractivity contribution is 0.0913. The summed E-state index contributed by atoms with van der Waals surface area (Å²) in [5.41, 5.74) is 1.69. The monoisotopic (exact) mass is 312 g/mol. The van der Waals surface area contributed by atoms with Crippen molar-refractivity contribution in [1.29, 1.82) is 0 Å². The summed E-state index contributed by atoms with van der Waals surface area (Å²) in [5, 5.41) is 3.41. The van der Waals surface area contributed by atoms with Gasteiger partial charge in [-0.25, -0.2) is 8.42 Å². The molecule has 0 aromatic heterocycles. The molecule has 1 aliphatic carbocycles. The van der Waals surface area contributed by atoms with Gasteiger partial charge in [0.2, 0.25) is 10.0 Å². The van der Waals surface area contributed by atoms with E-state index in [1.807, 2.05) is 32.0 Å². The lowest BCUT2D eigenvalue weighted by Gasteiger charge is -2.11. The molecule has 0 saturated heterocycles. The van der Waals surface area contributed by atoms with Gasteiger partial charge >= 0.3 is 0 Å². The van der Waals surface area contributed by atoms with Gasteiger partial charge < -0.3 is 10.1 Å². The van der Waals surface area contributed by atoms with Crippen LogP contribution in [0.1, 0.15) is 32.3 Å². The summed E-state index contributed by atoms with van der Waals surface area (Å²) in [6.07, 6.45) is 2.52. The zero-order valence-electron chi connectivity index (χ0n) is 12.6. The summed E-state index contributed by atoms with van der Waals surface area (Å²) in [4.78, 5) is 0. The highest BCUT2D eigenvalue weighted by atomic mass is 32.2. The summed E-state index contributed by atoms with van der Waals surface area (Å²) < 4.78 is 31.8. The van der Waals surface area contributed by atoms with Crippen molar-refractivity contribution in [3.05, 3.63) is 29.8 Å². The third kappa shape index (κ3) is 6.46. The van der Waals surface area contributed by atoms with E-state index in [0.717, 1.165) is 12.1 Å². The van der Waals surface area contributed by atoms with Crippen LogP contribution in [0.2, 0.25) is 0 Å². The van der Waals surface area contributed by atoms with E-state index in [1.54, 1.807) is 6.07 Å². The molecule has 0 atom stereocenters. The van der Waals surface area contributed by atoms with Crippen molar-refractivity contribution in [1.82, 2.24) is 5.32 Å². The fourth-order valence-corrected chi connectivity index (χ4v) is 2.82. The molecule has 0 spiro atoms. The normalized spacial score (nSPS) is 15.4. The number of nitrogens with one attached hydrogen (secondary N) is 2. The lowest BCUT2D eigenvalue weighted by Crippen LogP contribution is -2.21. The fourth-order valence-electron chi connectivity index (χ4n) is 1.92. The summed E-state index contributed by atoms with van der Waals surface area (Å²) in [5.74, 6) is -0.0320. The second-order valence-corrected chi connectivity index (χ2v) is 7.54. The first-order valence-electron chi connectivity index (χ1n) is 7.39.